The molecular formula is C17H22N2O2S2. The summed E-state index contributed by atoms with van der Waals surface area (Å²) in [4.78, 5) is 1.07. The van der Waals surface area contributed by atoms with Gasteiger partial charge in [-0.25, -0.2) is 8.42 Å². The van der Waals surface area contributed by atoms with E-state index in [1.54, 1.807) is 6.07 Å². The normalized spacial score (nSPS) is 15.7. The zero-order chi connectivity index (χ0) is 16.3. The zero-order valence-corrected chi connectivity index (χ0v) is 14.8. The molecule has 1 aromatic carbocycles. The maximum atomic E-state index is 12.4. The van der Waals surface area contributed by atoms with Crippen LogP contribution in [-0.4, -0.2) is 14.5 Å². The SMILES string of the molecule is CCc1ccc(S(=O)(=O)Nc2ccc(NC3CCCC3)cc2)s1. The van der Waals surface area contributed by atoms with Crippen LogP contribution in [0, 0.1) is 0 Å². The van der Waals surface area contributed by atoms with Gasteiger partial charge in [-0.3, -0.25) is 4.72 Å². The predicted molar refractivity (Wildman–Crippen MR) is 96.8 cm³/mol. The van der Waals surface area contributed by atoms with E-state index in [4.69, 9.17) is 0 Å². The van der Waals surface area contributed by atoms with Crippen molar-refractivity contribution in [1.29, 1.82) is 0 Å². The topological polar surface area (TPSA) is 58.2 Å². The van der Waals surface area contributed by atoms with Crippen LogP contribution in [0.3, 0.4) is 0 Å². The molecule has 23 heavy (non-hydrogen) atoms. The third-order valence-corrected chi connectivity index (χ3v) is 7.22. The number of rotatable bonds is 6. The monoisotopic (exact) mass is 350 g/mol. The molecule has 3 rings (SSSR count). The van der Waals surface area contributed by atoms with Gasteiger partial charge >= 0.3 is 0 Å². The van der Waals surface area contributed by atoms with Crippen LogP contribution in [0.5, 0.6) is 0 Å². The molecule has 0 unspecified atom stereocenters. The molecule has 124 valence electrons. The molecule has 6 heteroatoms. The van der Waals surface area contributed by atoms with E-state index < -0.39 is 10.0 Å². The maximum Gasteiger partial charge on any atom is 0.271 e. The Morgan fingerprint density at radius 2 is 1.70 bits per heavy atom. The van der Waals surface area contributed by atoms with Crippen LogP contribution in [0.4, 0.5) is 11.4 Å². The van der Waals surface area contributed by atoms with Gasteiger partial charge in [-0.05, 0) is 55.7 Å². The summed E-state index contributed by atoms with van der Waals surface area (Å²) in [6, 6.07) is 11.6. The summed E-state index contributed by atoms with van der Waals surface area (Å²) in [5, 5.41) is 3.50. The lowest BCUT2D eigenvalue weighted by atomic mass is 10.2. The van der Waals surface area contributed by atoms with E-state index in [0.717, 1.165) is 17.0 Å². The summed E-state index contributed by atoms with van der Waals surface area (Å²) in [5.41, 5.74) is 1.64. The van der Waals surface area contributed by atoms with E-state index in [1.807, 2.05) is 37.3 Å². The van der Waals surface area contributed by atoms with Crippen LogP contribution < -0.4 is 10.0 Å². The Kier molecular flexibility index (Phi) is 4.92. The van der Waals surface area contributed by atoms with Gasteiger partial charge in [-0.15, -0.1) is 11.3 Å². The molecule has 0 aliphatic heterocycles. The van der Waals surface area contributed by atoms with Crippen molar-refractivity contribution in [2.75, 3.05) is 10.0 Å². The van der Waals surface area contributed by atoms with E-state index in [2.05, 4.69) is 10.0 Å². The quantitative estimate of drug-likeness (QED) is 0.808. The predicted octanol–water partition coefficient (Wildman–Crippen LogP) is 4.47. The van der Waals surface area contributed by atoms with Gasteiger partial charge in [0, 0.05) is 22.3 Å². The Morgan fingerprint density at radius 3 is 2.30 bits per heavy atom. The smallest absolute Gasteiger partial charge is 0.271 e. The first-order valence-electron chi connectivity index (χ1n) is 8.05. The van der Waals surface area contributed by atoms with Crippen LogP contribution in [0.1, 0.15) is 37.5 Å². The molecule has 0 atom stereocenters. The summed E-state index contributed by atoms with van der Waals surface area (Å²) in [5.74, 6) is 0. The highest BCUT2D eigenvalue weighted by Gasteiger charge is 2.17. The first-order valence-corrected chi connectivity index (χ1v) is 10.3. The lowest BCUT2D eigenvalue weighted by molar-refractivity contribution is 0.603. The highest BCUT2D eigenvalue weighted by Crippen LogP contribution is 2.26. The lowest BCUT2D eigenvalue weighted by Crippen LogP contribution is -2.14. The van der Waals surface area contributed by atoms with Crippen molar-refractivity contribution in [1.82, 2.24) is 0 Å². The molecule has 0 amide bonds. The minimum Gasteiger partial charge on any atom is -0.382 e. The molecule has 0 spiro atoms. The molecule has 0 bridgehead atoms. The minimum absolute atomic E-state index is 0.363. The van der Waals surface area contributed by atoms with Crippen molar-refractivity contribution in [2.45, 2.75) is 49.3 Å². The van der Waals surface area contributed by atoms with Gasteiger partial charge < -0.3 is 5.32 Å². The van der Waals surface area contributed by atoms with Crippen molar-refractivity contribution in [3.63, 3.8) is 0 Å². The molecule has 4 nitrogen and oxygen atoms in total. The maximum absolute atomic E-state index is 12.4. The fourth-order valence-electron chi connectivity index (χ4n) is 2.84. The highest BCUT2D eigenvalue weighted by atomic mass is 32.2. The van der Waals surface area contributed by atoms with Crippen LogP contribution in [-0.2, 0) is 16.4 Å². The van der Waals surface area contributed by atoms with Gasteiger partial charge in [0.25, 0.3) is 10.0 Å². The number of nitrogens with one attached hydrogen (secondary N) is 2. The fraction of sp³-hybridized carbons (Fsp3) is 0.412. The van der Waals surface area contributed by atoms with Crippen molar-refractivity contribution in [2.24, 2.45) is 0 Å². The molecular weight excluding hydrogens is 328 g/mol. The summed E-state index contributed by atoms with van der Waals surface area (Å²) in [7, 11) is -3.49. The standard InChI is InChI=1S/C17H22N2O2S2/c1-2-16-11-12-17(22-16)23(20,21)19-15-9-7-14(8-10-15)18-13-5-3-4-6-13/h7-13,18-19H,2-6H2,1H3. The van der Waals surface area contributed by atoms with E-state index >= 15 is 0 Å². The van der Waals surface area contributed by atoms with Crippen molar-refractivity contribution >= 4 is 32.7 Å². The summed E-state index contributed by atoms with van der Waals surface area (Å²) >= 11 is 1.32. The molecule has 2 aromatic rings. The number of hydrogen-bond donors (Lipinski definition) is 2. The second-order valence-corrected chi connectivity index (χ2v) is 8.96. The largest absolute Gasteiger partial charge is 0.382 e. The molecule has 1 aliphatic carbocycles. The molecule has 1 heterocycles. The third kappa shape index (κ3) is 4.06. The average Bonchev–Trinajstić information content (AvgIpc) is 3.20. The number of sulfonamides is 1. The number of hydrogen-bond acceptors (Lipinski definition) is 4. The third-order valence-electron chi connectivity index (χ3n) is 4.11. The van der Waals surface area contributed by atoms with E-state index in [1.165, 1.54) is 37.0 Å². The Hall–Kier alpha value is -1.53. The summed E-state index contributed by atoms with van der Waals surface area (Å²) < 4.78 is 27.8. The first kappa shape index (κ1) is 16.3. The molecule has 0 saturated heterocycles. The zero-order valence-electron chi connectivity index (χ0n) is 13.2. The van der Waals surface area contributed by atoms with Crippen LogP contribution >= 0.6 is 11.3 Å². The van der Waals surface area contributed by atoms with E-state index in [-0.39, 0.29) is 0 Å². The average molecular weight is 351 g/mol. The Balaban J connectivity index is 1.67. The molecule has 2 N–H and O–H groups in total. The second-order valence-electron chi connectivity index (χ2n) is 5.88. The number of benzene rings is 1. The van der Waals surface area contributed by atoms with Crippen molar-refractivity contribution in [3.05, 3.63) is 41.3 Å². The van der Waals surface area contributed by atoms with Gasteiger partial charge in [0.1, 0.15) is 4.21 Å². The fourth-order valence-corrected chi connectivity index (χ4v) is 5.19. The summed E-state index contributed by atoms with van der Waals surface area (Å²) in [6.45, 7) is 2.02. The summed E-state index contributed by atoms with van der Waals surface area (Å²) in [6.07, 6.45) is 5.85. The Morgan fingerprint density at radius 1 is 1.04 bits per heavy atom. The Bertz CT molecular complexity index is 745. The van der Waals surface area contributed by atoms with E-state index in [9.17, 15) is 8.42 Å². The highest BCUT2D eigenvalue weighted by molar-refractivity contribution is 7.94. The number of aryl methyl sites for hydroxylation is 1. The van der Waals surface area contributed by atoms with Crippen molar-refractivity contribution < 1.29 is 8.42 Å². The number of thiophene rings is 1. The molecule has 1 saturated carbocycles. The van der Waals surface area contributed by atoms with E-state index in [0.29, 0.717) is 15.9 Å². The van der Waals surface area contributed by atoms with Gasteiger partial charge in [0.15, 0.2) is 0 Å². The lowest BCUT2D eigenvalue weighted by Gasteiger charge is -2.14. The van der Waals surface area contributed by atoms with Gasteiger partial charge in [0.2, 0.25) is 0 Å². The van der Waals surface area contributed by atoms with Crippen LogP contribution in [0.15, 0.2) is 40.6 Å². The Labute approximate surface area is 142 Å². The molecule has 0 radical (unpaired) electrons. The number of anilines is 2. The first-order chi connectivity index (χ1) is 11.1. The molecule has 1 aromatic heterocycles. The van der Waals surface area contributed by atoms with Gasteiger partial charge in [-0.1, -0.05) is 19.8 Å². The van der Waals surface area contributed by atoms with Crippen LogP contribution in [0.25, 0.3) is 0 Å². The van der Waals surface area contributed by atoms with Gasteiger partial charge in [-0.2, -0.15) is 0 Å². The van der Waals surface area contributed by atoms with Crippen molar-refractivity contribution in [3.8, 4) is 0 Å². The molecule has 1 aliphatic rings. The second kappa shape index (κ2) is 6.93. The van der Waals surface area contributed by atoms with Gasteiger partial charge in [0.05, 0.1) is 0 Å². The minimum atomic E-state index is -3.49. The van der Waals surface area contributed by atoms with Crippen LogP contribution in [0.2, 0.25) is 0 Å². The molecule has 1 fully saturated rings.